The molecule has 144 valence electrons. The number of anilines is 2. The molecule has 1 N–H and O–H groups in total. The number of hydrogen-bond donors (Lipinski definition) is 1. The third-order valence-corrected chi connectivity index (χ3v) is 5.15. The lowest BCUT2D eigenvalue weighted by Gasteiger charge is -2.27. The first-order valence-electron chi connectivity index (χ1n) is 9.02. The number of morpholine rings is 1. The van der Waals surface area contributed by atoms with Crippen LogP contribution in [0.1, 0.15) is 15.9 Å². The highest BCUT2D eigenvalue weighted by atomic mass is 35.5. The first-order valence-corrected chi connectivity index (χ1v) is 9.40. The van der Waals surface area contributed by atoms with Crippen LogP contribution in [0.5, 0.6) is 0 Å². The summed E-state index contributed by atoms with van der Waals surface area (Å²) < 4.78 is 19.7. The maximum atomic E-state index is 14.3. The molecule has 2 heterocycles. The van der Waals surface area contributed by atoms with Gasteiger partial charge in [-0.15, -0.1) is 0 Å². The molecule has 0 saturated carbocycles. The molecule has 0 aliphatic carbocycles. The molecule has 0 unspecified atom stereocenters. The van der Waals surface area contributed by atoms with E-state index in [1.807, 2.05) is 25.1 Å². The summed E-state index contributed by atoms with van der Waals surface area (Å²) in [5, 5.41) is 4.60. The van der Waals surface area contributed by atoms with Crippen LogP contribution in [0.3, 0.4) is 0 Å². The lowest BCUT2D eigenvalue weighted by molar-refractivity contribution is 0.0304. The normalized spacial score (nSPS) is 14.3. The summed E-state index contributed by atoms with van der Waals surface area (Å²) in [6, 6.07) is 10.5. The maximum absolute atomic E-state index is 14.3. The third-order valence-electron chi connectivity index (χ3n) is 4.85. The van der Waals surface area contributed by atoms with Crippen molar-refractivity contribution in [1.29, 1.82) is 0 Å². The van der Waals surface area contributed by atoms with Crippen LogP contribution in [0.15, 0.2) is 42.6 Å². The Balaban J connectivity index is 1.79. The van der Waals surface area contributed by atoms with E-state index >= 15 is 0 Å². The summed E-state index contributed by atoms with van der Waals surface area (Å²) in [5.74, 6) is -0.144. The highest BCUT2D eigenvalue weighted by molar-refractivity contribution is 6.31. The molecular formula is C21H19ClFN3O2. The van der Waals surface area contributed by atoms with Gasteiger partial charge in [-0.2, -0.15) is 0 Å². The summed E-state index contributed by atoms with van der Waals surface area (Å²) in [7, 11) is 0. The zero-order valence-electron chi connectivity index (χ0n) is 15.3. The molecular weight excluding hydrogens is 381 g/mol. The number of amides is 1. The van der Waals surface area contributed by atoms with Crippen LogP contribution < -0.4 is 5.32 Å². The molecule has 0 bridgehead atoms. The zero-order chi connectivity index (χ0) is 19.7. The second-order valence-electron chi connectivity index (χ2n) is 6.65. The van der Waals surface area contributed by atoms with Gasteiger partial charge in [0.1, 0.15) is 5.82 Å². The number of ether oxygens (including phenoxy) is 1. The van der Waals surface area contributed by atoms with Gasteiger partial charge in [0, 0.05) is 30.1 Å². The van der Waals surface area contributed by atoms with Crippen molar-refractivity contribution in [2.75, 3.05) is 31.6 Å². The Morgan fingerprint density at radius 2 is 1.96 bits per heavy atom. The van der Waals surface area contributed by atoms with E-state index in [1.54, 1.807) is 23.2 Å². The van der Waals surface area contributed by atoms with Crippen molar-refractivity contribution in [3.8, 4) is 0 Å². The quantitative estimate of drug-likeness (QED) is 0.702. The highest BCUT2D eigenvalue weighted by Crippen LogP contribution is 2.32. The number of rotatable bonds is 3. The fraction of sp³-hybridized carbons (Fsp3) is 0.238. The van der Waals surface area contributed by atoms with E-state index in [-0.39, 0.29) is 16.6 Å². The van der Waals surface area contributed by atoms with Gasteiger partial charge in [-0.25, -0.2) is 9.37 Å². The van der Waals surface area contributed by atoms with E-state index in [0.717, 1.165) is 16.3 Å². The number of aryl methyl sites for hydroxylation is 1. The topological polar surface area (TPSA) is 54.5 Å². The van der Waals surface area contributed by atoms with E-state index in [9.17, 15) is 9.18 Å². The van der Waals surface area contributed by atoms with Gasteiger partial charge in [-0.1, -0.05) is 35.9 Å². The monoisotopic (exact) mass is 399 g/mol. The largest absolute Gasteiger partial charge is 0.378 e. The molecule has 1 fully saturated rings. The first-order chi connectivity index (χ1) is 13.6. The lowest BCUT2D eigenvalue weighted by atomic mass is 10.0. The predicted molar refractivity (Wildman–Crippen MR) is 108 cm³/mol. The molecule has 3 aromatic rings. The van der Waals surface area contributed by atoms with Gasteiger partial charge in [-0.05, 0) is 24.6 Å². The maximum Gasteiger partial charge on any atom is 0.256 e. The van der Waals surface area contributed by atoms with Crippen LogP contribution >= 0.6 is 11.6 Å². The van der Waals surface area contributed by atoms with E-state index in [1.165, 1.54) is 6.07 Å². The van der Waals surface area contributed by atoms with Crippen molar-refractivity contribution in [3.63, 3.8) is 0 Å². The van der Waals surface area contributed by atoms with E-state index in [4.69, 9.17) is 16.3 Å². The number of fused-ring (bicyclic) bond motifs is 1. The van der Waals surface area contributed by atoms with Crippen molar-refractivity contribution < 1.29 is 13.9 Å². The summed E-state index contributed by atoms with van der Waals surface area (Å²) in [6.45, 7) is 4.12. The molecule has 0 radical (unpaired) electrons. The molecule has 0 atom stereocenters. The van der Waals surface area contributed by atoms with Crippen molar-refractivity contribution >= 4 is 39.8 Å². The van der Waals surface area contributed by atoms with Crippen LogP contribution in [-0.4, -0.2) is 42.1 Å². The molecule has 1 saturated heterocycles. The van der Waals surface area contributed by atoms with Gasteiger partial charge in [-0.3, -0.25) is 4.79 Å². The second-order valence-corrected chi connectivity index (χ2v) is 7.06. The lowest BCUT2D eigenvalue weighted by Crippen LogP contribution is -2.40. The predicted octanol–water partition coefficient (Wildman–Crippen LogP) is 4.55. The van der Waals surface area contributed by atoms with Gasteiger partial charge in [0.15, 0.2) is 5.82 Å². The van der Waals surface area contributed by atoms with E-state index in [0.29, 0.717) is 37.7 Å². The molecule has 7 heteroatoms. The molecule has 1 aliphatic rings. The number of carbonyl (C=O) groups is 1. The fourth-order valence-electron chi connectivity index (χ4n) is 3.41. The Bertz CT molecular complexity index is 1050. The van der Waals surface area contributed by atoms with Gasteiger partial charge in [0.05, 0.1) is 29.5 Å². The molecule has 1 amide bonds. The minimum atomic E-state index is -0.541. The average molecular weight is 400 g/mol. The van der Waals surface area contributed by atoms with E-state index < -0.39 is 5.82 Å². The molecule has 4 rings (SSSR count). The van der Waals surface area contributed by atoms with Gasteiger partial charge in [0.25, 0.3) is 5.91 Å². The fourth-order valence-corrected chi connectivity index (χ4v) is 3.59. The average Bonchev–Trinajstić information content (AvgIpc) is 2.72. The van der Waals surface area contributed by atoms with Crippen LogP contribution in [0.2, 0.25) is 5.02 Å². The molecule has 28 heavy (non-hydrogen) atoms. The smallest absolute Gasteiger partial charge is 0.256 e. The van der Waals surface area contributed by atoms with Crippen molar-refractivity contribution in [3.05, 3.63) is 64.6 Å². The SMILES string of the molecule is Cc1cccc2c(Nc3cccc(Cl)c3F)ncc(C(=O)N3CCOCC3)c12. The van der Waals surface area contributed by atoms with Crippen LogP contribution in [0, 0.1) is 12.7 Å². The number of nitrogens with zero attached hydrogens (tertiary/aromatic N) is 2. The summed E-state index contributed by atoms with van der Waals surface area (Å²) >= 11 is 5.88. The molecule has 0 spiro atoms. The van der Waals surface area contributed by atoms with E-state index in [2.05, 4.69) is 10.3 Å². The number of aromatic nitrogens is 1. The van der Waals surface area contributed by atoms with Crippen LogP contribution in [0.25, 0.3) is 10.8 Å². The number of nitrogens with one attached hydrogen (secondary N) is 1. The Kier molecular flexibility index (Phi) is 5.15. The van der Waals surface area contributed by atoms with Crippen molar-refractivity contribution in [1.82, 2.24) is 9.88 Å². The number of carbonyl (C=O) groups excluding carboxylic acids is 1. The first kappa shape index (κ1) is 18.7. The van der Waals surface area contributed by atoms with Crippen LogP contribution in [-0.2, 0) is 4.74 Å². The standard InChI is InChI=1S/C21H19ClFN3O2/c1-13-4-2-5-14-18(13)15(21(27)26-8-10-28-11-9-26)12-24-20(14)25-17-7-3-6-16(22)19(17)23/h2-7,12H,8-11H2,1H3,(H,24,25). The minimum absolute atomic E-state index is 0.0320. The van der Waals surface area contributed by atoms with Gasteiger partial charge < -0.3 is 15.0 Å². The number of halogens is 2. The summed E-state index contributed by atoms with van der Waals surface area (Å²) in [4.78, 5) is 19.3. The van der Waals surface area contributed by atoms with Crippen molar-refractivity contribution in [2.24, 2.45) is 0 Å². The number of benzene rings is 2. The Hall–Kier alpha value is -2.70. The number of pyridine rings is 1. The Labute approximate surface area is 167 Å². The van der Waals surface area contributed by atoms with Gasteiger partial charge in [0.2, 0.25) is 0 Å². The molecule has 2 aromatic carbocycles. The minimum Gasteiger partial charge on any atom is -0.378 e. The number of hydrogen-bond acceptors (Lipinski definition) is 4. The van der Waals surface area contributed by atoms with Gasteiger partial charge >= 0.3 is 0 Å². The van der Waals surface area contributed by atoms with Crippen LogP contribution in [0.4, 0.5) is 15.9 Å². The molecule has 1 aliphatic heterocycles. The molecule has 5 nitrogen and oxygen atoms in total. The summed E-state index contributed by atoms with van der Waals surface area (Å²) in [5.41, 5.74) is 1.72. The zero-order valence-corrected chi connectivity index (χ0v) is 16.1. The Morgan fingerprint density at radius 1 is 1.21 bits per heavy atom. The van der Waals surface area contributed by atoms with Crippen molar-refractivity contribution in [2.45, 2.75) is 6.92 Å². The molecule has 1 aromatic heterocycles. The Morgan fingerprint density at radius 3 is 2.75 bits per heavy atom. The highest BCUT2D eigenvalue weighted by Gasteiger charge is 2.23. The second kappa shape index (κ2) is 7.73. The third kappa shape index (κ3) is 3.41. The summed E-state index contributed by atoms with van der Waals surface area (Å²) in [6.07, 6.45) is 1.55.